The van der Waals surface area contributed by atoms with Crippen LogP contribution in [0.25, 0.3) is 0 Å². The molecule has 0 aliphatic heterocycles. The molecule has 0 bridgehead atoms. The Balaban J connectivity index is 2.81. The van der Waals surface area contributed by atoms with Gasteiger partial charge in [-0.05, 0) is 12.3 Å². The van der Waals surface area contributed by atoms with Crippen LogP contribution in [0.15, 0.2) is 0 Å². The summed E-state index contributed by atoms with van der Waals surface area (Å²) in [5.74, 6) is 0.993. The van der Waals surface area contributed by atoms with Crippen LogP contribution in [0.1, 0.15) is 27.2 Å². The van der Waals surface area contributed by atoms with Gasteiger partial charge in [-0.2, -0.15) is 0 Å². The van der Waals surface area contributed by atoms with Crippen molar-refractivity contribution in [2.45, 2.75) is 32.9 Å². The molecule has 68 valence electrons. The third-order valence-corrected chi connectivity index (χ3v) is 3.30. The Morgan fingerprint density at radius 2 is 2.08 bits per heavy atom. The van der Waals surface area contributed by atoms with E-state index in [1.54, 1.807) is 0 Å². The maximum atomic E-state index is 10.1. The van der Waals surface area contributed by atoms with Crippen molar-refractivity contribution in [2.75, 3.05) is 0 Å². The van der Waals surface area contributed by atoms with Gasteiger partial charge < -0.3 is 10.4 Å². The van der Waals surface area contributed by atoms with E-state index in [1.165, 1.54) is 0 Å². The van der Waals surface area contributed by atoms with E-state index >= 15 is 0 Å². The SMILES string of the molecule is C#CNC1(O)C(C)CC(C)C1C. The summed E-state index contributed by atoms with van der Waals surface area (Å²) < 4.78 is 0. The second-order valence-corrected chi connectivity index (χ2v) is 4.00. The lowest BCUT2D eigenvalue weighted by atomic mass is 9.93. The number of nitrogens with one attached hydrogen (secondary N) is 1. The minimum atomic E-state index is -0.853. The van der Waals surface area contributed by atoms with Gasteiger partial charge >= 0.3 is 0 Å². The molecule has 2 N–H and O–H groups in total. The van der Waals surface area contributed by atoms with Crippen LogP contribution in [0.3, 0.4) is 0 Å². The minimum absolute atomic E-state index is 0.226. The molecular weight excluding hydrogens is 150 g/mol. The van der Waals surface area contributed by atoms with Crippen LogP contribution in [0.2, 0.25) is 0 Å². The number of aliphatic hydroxyl groups is 1. The summed E-state index contributed by atoms with van der Waals surface area (Å²) in [4.78, 5) is 0. The van der Waals surface area contributed by atoms with Crippen molar-refractivity contribution in [3.8, 4) is 12.5 Å². The molecule has 0 aromatic rings. The predicted octanol–water partition coefficient (Wildman–Crippen LogP) is 1.17. The van der Waals surface area contributed by atoms with Gasteiger partial charge in [0.15, 0.2) is 0 Å². The Morgan fingerprint density at radius 1 is 1.50 bits per heavy atom. The molecule has 12 heavy (non-hydrogen) atoms. The fraction of sp³-hybridized carbons (Fsp3) is 0.800. The topological polar surface area (TPSA) is 32.3 Å². The van der Waals surface area contributed by atoms with Gasteiger partial charge in [0.25, 0.3) is 0 Å². The minimum Gasteiger partial charge on any atom is -0.370 e. The Morgan fingerprint density at radius 3 is 2.42 bits per heavy atom. The molecular formula is C10H17NO. The zero-order valence-corrected chi connectivity index (χ0v) is 7.96. The van der Waals surface area contributed by atoms with Gasteiger partial charge in [0.05, 0.1) is 0 Å². The largest absolute Gasteiger partial charge is 0.370 e. The molecule has 0 aromatic heterocycles. The second-order valence-electron chi connectivity index (χ2n) is 4.00. The third kappa shape index (κ3) is 1.19. The van der Waals surface area contributed by atoms with Crippen LogP contribution in [0, 0.1) is 30.2 Å². The highest BCUT2D eigenvalue weighted by Gasteiger charge is 2.47. The smallest absolute Gasteiger partial charge is 0.147 e. The van der Waals surface area contributed by atoms with Crippen molar-refractivity contribution in [2.24, 2.45) is 17.8 Å². The Labute approximate surface area is 74.4 Å². The first-order chi connectivity index (χ1) is 5.52. The van der Waals surface area contributed by atoms with E-state index in [1.807, 2.05) is 13.8 Å². The van der Waals surface area contributed by atoms with Crippen molar-refractivity contribution in [1.29, 1.82) is 0 Å². The molecule has 4 atom stereocenters. The predicted molar refractivity (Wildman–Crippen MR) is 49.0 cm³/mol. The molecule has 0 aromatic carbocycles. The lowest BCUT2D eigenvalue weighted by Gasteiger charge is -2.31. The van der Waals surface area contributed by atoms with Crippen molar-refractivity contribution >= 4 is 0 Å². The molecule has 0 saturated heterocycles. The van der Waals surface area contributed by atoms with E-state index < -0.39 is 5.72 Å². The molecule has 1 aliphatic rings. The maximum Gasteiger partial charge on any atom is 0.147 e. The van der Waals surface area contributed by atoms with Gasteiger partial charge in [0, 0.05) is 17.9 Å². The van der Waals surface area contributed by atoms with Crippen molar-refractivity contribution in [3.05, 3.63) is 0 Å². The number of hydrogen-bond acceptors (Lipinski definition) is 2. The molecule has 2 nitrogen and oxygen atoms in total. The fourth-order valence-corrected chi connectivity index (χ4v) is 2.18. The normalized spacial score (nSPS) is 47.1. The van der Waals surface area contributed by atoms with Crippen molar-refractivity contribution < 1.29 is 5.11 Å². The molecule has 4 unspecified atom stereocenters. The monoisotopic (exact) mass is 167 g/mol. The summed E-state index contributed by atoms with van der Waals surface area (Å²) in [5, 5.41) is 12.9. The van der Waals surface area contributed by atoms with Gasteiger partial charge in [-0.25, -0.2) is 0 Å². The number of rotatable bonds is 1. The highest BCUT2D eigenvalue weighted by atomic mass is 16.3. The maximum absolute atomic E-state index is 10.1. The Bertz CT molecular complexity index is 208. The summed E-state index contributed by atoms with van der Waals surface area (Å²) in [6.07, 6.45) is 6.18. The third-order valence-electron chi connectivity index (χ3n) is 3.30. The molecule has 1 rings (SSSR count). The zero-order valence-electron chi connectivity index (χ0n) is 7.96. The van der Waals surface area contributed by atoms with E-state index in [-0.39, 0.29) is 11.8 Å². The average molecular weight is 167 g/mol. The van der Waals surface area contributed by atoms with Gasteiger partial charge in [-0.3, -0.25) is 0 Å². The van der Waals surface area contributed by atoms with Crippen molar-refractivity contribution in [1.82, 2.24) is 5.32 Å². The van der Waals surface area contributed by atoms with Gasteiger partial charge in [0.2, 0.25) is 0 Å². The molecule has 1 fully saturated rings. The van der Waals surface area contributed by atoms with E-state index in [2.05, 4.69) is 18.3 Å². The molecule has 0 heterocycles. The summed E-state index contributed by atoms with van der Waals surface area (Å²) in [6, 6.07) is 2.33. The fourth-order valence-electron chi connectivity index (χ4n) is 2.18. The van der Waals surface area contributed by atoms with Crippen LogP contribution in [0.5, 0.6) is 0 Å². The zero-order chi connectivity index (χ0) is 9.35. The van der Waals surface area contributed by atoms with E-state index in [9.17, 15) is 5.11 Å². The second kappa shape index (κ2) is 2.99. The lowest BCUT2D eigenvalue weighted by Crippen LogP contribution is -2.49. The van der Waals surface area contributed by atoms with E-state index in [0.29, 0.717) is 5.92 Å². The first-order valence-electron chi connectivity index (χ1n) is 4.47. The summed E-state index contributed by atoms with van der Waals surface area (Å²) >= 11 is 0. The van der Waals surface area contributed by atoms with Crippen LogP contribution in [-0.2, 0) is 0 Å². The number of terminal acetylenes is 1. The molecule has 2 heteroatoms. The molecule has 0 spiro atoms. The van der Waals surface area contributed by atoms with Crippen LogP contribution in [0.4, 0.5) is 0 Å². The van der Waals surface area contributed by atoms with E-state index in [4.69, 9.17) is 6.42 Å². The summed E-state index contributed by atoms with van der Waals surface area (Å²) in [7, 11) is 0. The Hall–Kier alpha value is -0.680. The quantitative estimate of drug-likeness (QED) is 0.349. The first kappa shape index (κ1) is 9.41. The summed E-state index contributed by atoms with van der Waals surface area (Å²) in [5.41, 5.74) is -0.853. The molecule has 1 aliphatic carbocycles. The Kier molecular flexibility index (Phi) is 2.34. The average Bonchev–Trinajstić information content (AvgIpc) is 2.17. The first-order valence-corrected chi connectivity index (χ1v) is 4.47. The van der Waals surface area contributed by atoms with Crippen LogP contribution < -0.4 is 5.32 Å². The van der Waals surface area contributed by atoms with Crippen molar-refractivity contribution in [3.63, 3.8) is 0 Å². The highest BCUT2D eigenvalue weighted by Crippen LogP contribution is 2.42. The molecule has 0 amide bonds. The lowest BCUT2D eigenvalue weighted by molar-refractivity contribution is -0.0469. The molecule has 0 radical (unpaired) electrons. The molecule has 1 saturated carbocycles. The van der Waals surface area contributed by atoms with Gasteiger partial charge in [0.1, 0.15) is 5.72 Å². The van der Waals surface area contributed by atoms with Crippen LogP contribution in [-0.4, -0.2) is 10.8 Å². The standard InChI is InChI=1S/C10H17NO/c1-5-11-10(12)8(3)6-7(2)9(10)4/h1,7-9,11-12H,6H2,2-4H3. The number of hydrogen-bond donors (Lipinski definition) is 2. The van der Waals surface area contributed by atoms with E-state index in [0.717, 1.165) is 6.42 Å². The van der Waals surface area contributed by atoms with Crippen LogP contribution >= 0.6 is 0 Å². The highest BCUT2D eigenvalue weighted by molar-refractivity contribution is 5.01. The van der Waals surface area contributed by atoms with Gasteiger partial charge in [-0.15, -0.1) is 0 Å². The van der Waals surface area contributed by atoms with Gasteiger partial charge in [-0.1, -0.05) is 27.2 Å². The summed E-state index contributed by atoms with van der Waals surface area (Å²) in [6.45, 7) is 6.22.